The second-order valence-corrected chi connectivity index (χ2v) is 9.27. The molecule has 0 spiro atoms. The molecule has 0 N–H and O–H groups in total. The molecule has 1 unspecified atom stereocenters. The Morgan fingerprint density at radius 3 is 1.89 bits per heavy atom. The van der Waals surface area contributed by atoms with Gasteiger partial charge in [0.1, 0.15) is 8.07 Å². The monoisotopic (exact) mass is 262 g/mol. The van der Waals surface area contributed by atoms with Gasteiger partial charge in [-0.05, 0) is 11.6 Å². The second kappa shape index (κ2) is 5.02. The molecule has 1 aliphatic heterocycles. The summed E-state index contributed by atoms with van der Waals surface area (Å²) in [5.41, 5.74) is 0.498. The Kier molecular flexibility index (Phi) is 3.22. The van der Waals surface area contributed by atoms with Gasteiger partial charge >= 0.3 is 0 Å². The summed E-state index contributed by atoms with van der Waals surface area (Å²) >= 11 is 0. The molecule has 1 heterocycles. The topological polar surface area (TPSA) is 0 Å². The average Bonchev–Trinajstić information content (AvgIpc) is 2.94. The predicted molar refractivity (Wildman–Crippen MR) is 85.8 cm³/mol. The van der Waals surface area contributed by atoms with E-state index in [1.807, 2.05) is 0 Å². The van der Waals surface area contributed by atoms with Crippen molar-refractivity contribution in [1.29, 1.82) is 0 Å². The summed E-state index contributed by atoms with van der Waals surface area (Å²) in [6, 6.07) is 23.2. The van der Waals surface area contributed by atoms with E-state index >= 15 is 0 Å². The van der Waals surface area contributed by atoms with E-state index in [2.05, 4.69) is 85.5 Å². The molecule has 0 saturated carbocycles. The standard InChI is InChI=1S/C18H18Si/c1-2-16-14-9-15-19(16,17-10-5-3-6-11-17)18-12-7-4-8-13-18/h2-14,16H,1,15H2. The van der Waals surface area contributed by atoms with Crippen LogP contribution in [0, 0.1) is 0 Å². The molecule has 0 bridgehead atoms. The van der Waals surface area contributed by atoms with E-state index in [-0.39, 0.29) is 0 Å². The summed E-state index contributed by atoms with van der Waals surface area (Å²) in [6.45, 7) is 4.07. The molecule has 19 heavy (non-hydrogen) atoms. The first-order valence-corrected chi connectivity index (χ1v) is 9.06. The fourth-order valence-corrected chi connectivity index (χ4v) is 8.04. The van der Waals surface area contributed by atoms with E-state index in [1.165, 1.54) is 16.4 Å². The minimum atomic E-state index is -1.74. The highest BCUT2D eigenvalue weighted by atomic mass is 28.3. The zero-order valence-corrected chi connectivity index (χ0v) is 12.0. The third-order valence-corrected chi connectivity index (χ3v) is 9.36. The molecule has 0 fully saturated rings. The molecule has 0 amide bonds. The van der Waals surface area contributed by atoms with E-state index in [0.717, 1.165) is 0 Å². The number of hydrogen-bond donors (Lipinski definition) is 0. The summed E-state index contributed by atoms with van der Waals surface area (Å²) in [4.78, 5) is 0. The van der Waals surface area contributed by atoms with Gasteiger partial charge < -0.3 is 0 Å². The van der Waals surface area contributed by atoms with Crippen molar-refractivity contribution in [2.45, 2.75) is 11.6 Å². The third-order valence-electron chi connectivity index (χ3n) is 4.18. The maximum Gasteiger partial charge on any atom is 0.132 e. The van der Waals surface area contributed by atoms with Gasteiger partial charge in [0.05, 0.1) is 0 Å². The van der Waals surface area contributed by atoms with Crippen molar-refractivity contribution in [2.24, 2.45) is 0 Å². The van der Waals surface area contributed by atoms with E-state index in [9.17, 15) is 0 Å². The molecule has 0 radical (unpaired) electrons. The van der Waals surface area contributed by atoms with Crippen LogP contribution in [0.25, 0.3) is 0 Å². The highest BCUT2D eigenvalue weighted by molar-refractivity contribution is 7.04. The number of allylic oxidation sites excluding steroid dienone is 3. The Bertz CT molecular complexity index is 544. The van der Waals surface area contributed by atoms with E-state index in [4.69, 9.17) is 0 Å². The lowest BCUT2D eigenvalue weighted by atomic mass is 10.3. The van der Waals surface area contributed by atoms with Crippen molar-refractivity contribution in [2.75, 3.05) is 0 Å². The van der Waals surface area contributed by atoms with Gasteiger partial charge in [0, 0.05) is 0 Å². The number of hydrogen-bond acceptors (Lipinski definition) is 0. The van der Waals surface area contributed by atoms with Crippen LogP contribution in [0.3, 0.4) is 0 Å². The number of rotatable bonds is 3. The van der Waals surface area contributed by atoms with E-state index in [0.29, 0.717) is 5.54 Å². The van der Waals surface area contributed by atoms with E-state index < -0.39 is 8.07 Å². The highest BCUT2D eigenvalue weighted by Crippen LogP contribution is 2.34. The summed E-state index contributed by atoms with van der Waals surface area (Å²) in [6.07, 6.45) is 6.83. The summed E-state index contributed by atoms with van der Waals surface area (Å²) < 4.78 is 0. The van der Waals surface area contributed by atoms with Crippen molar-refractivity contribution >= 4 is 18.4 Å². The van der Waals surface area contributed by atoms with Crippen LogP contribution < -0.4 is 10.4 Å². The SMILES string of the molecule is C=CC1C=CC[Si]1(c1ccccc1)c1ccccc1. The molecular weight excluding hydrogens is 244 g/mol. The Hall–Kier alpha value is -1.86. The molecule has 1 aliphatic rings. The van der Waals surface area contributed by atoms with Gasteiger partial charge in [-0.3, -0.25) is 0 Å². The van der Waals surface area contributed by atoms with Crippen LogP contribution in [0.4, 0.5) is 0 Å². The van der Waals surface area contributed by atoms with Crippen molar-refractivity contribution in [3.63, 3.8) is 0 Å². The smallest absolute Gasteiger partial charge is 0.103 e. The molecule has 0 nitrogen and oxygen atoms in total. The summed E-state index contributed by atoms with van der Waals surface area (Å²) in [5, 5.41) is 3.02. The van der Waals surface area contributed by atoms with Gasteiger partial charge in [-0.25, -0.2) is 0 Å². The average molecular weight is 262 g/mol. The molecule has 1 heteroatoms. The largest absolute Gasteiger partial charge is 0.132 e. The zero-order valence-electron chi connectivity index (χ0n) is 11.0. The van der Waals surface area contributed by atoms with Gasteiger partial charge in [0.2, 0.25) is 0 Å². The molecule has 0 saturated heterocycles. The van der Waals surface area contributed by atoms with Crippen LogP contribution in [-0.2, 0) is 0 Å². The van der Waals surface area contributed by atoms with Gasteiger partial charge in [0.25, 0.3) is 0 Å². The van der Waals surface area contributed by atoms with Crippen LogP contribution in [0.2, 0.25) is 11.6 Å². The third kappa shape index (κ3) is 1.91. The summed E-state index contributed by atoms with van der Waals surface area (Å²) in [7, 11) is -1.74. The van der Waals surface area contributed by atoms with Gasteiger partial charge in [-0.15, -0.1) is 6.58 Å². The van der Waals surface area contributed by atoms with Crippen molar-refractivity contribution < 1.29 is 0 Å². The molecule has 94 valence electrons. The first-order valence-electron chi connectivity index (χ1n) is 6.78. The van der Waals surface area contributed by atoms with Gasteiger partial charge in [-0.2, -0.15) is 0 Å². The fraction of sp³-hybridized carbons (Fsp3) is 0.111. The van der Waals surface area contributed by atoms with Gasteiger partial charge in [0.15, 0.2) is 0 Å². The highest BCUT2D eigenvalue weighted by Gasteiger charge is 2.43. The molecule has 3 rings (SSSR count). The zero-order chi connectivity index (χ0) is 13.1. The van der Waals surface area contributed by atoms with Crippen molar-refractivity contribution in [3.8, 4) is 0 Å². The lowest BCUT2D eigenvalue weighted by Crippen LogP contribution is -2.59. The first kappa shape index (κ1) is 12.2. The van der Waals surface area contributed by atoms with Crippen LogP contribution in [0.5, 0.6) is 0 Å². The molecule has 1 atom stereocenters. The molecular formula is C18H18Si. The molecule has 2 aromatic rings. The Balaban J connectivity index is 2.20. The van der Waals surface area contributed by atoms with Crippen LogP contribution in [0.1, 0.15) is 0 Å². The predicted octanol–water partition coefficient (Wildman–Crippen LogP) is 3.38. The van der Waals surface area contributed by atoms with Crippen LogP contribution in [0.15, 0.2) is 85.5 Å². The van der Waals surface area contributed by atoms with Crippen LogP contribution >= 0.6 is 0 Å². The number of benzene rings is 2. The normalized spacial score (nSPS) is 20.3. The Morgan fingerprint density at radius 2 is 1.42 bits per heavy atom. The lowest BCUT2D eigenvalue weighted by molar-refractivity contribution is 1.33. The molecule has 0 aromatic heterocycles. The Morgan fingerprint density at radius 1 is 0.895 bits per heavy atom. The Labute approximate surface area is 116 Å². The minimum Gasteiger partial charge on any atom is -0.103 e. The molecule has 2 aromatic carbocycles. The van der Waals surface area contributed by atoms with E-state index in [1.54, 1.807) is 0 Å². The van der Waals surface area contributed by atoms with Crippen molar-refractivity contribution in [1.82, 2.24) is 0 Å². The first-order chi connectivity index (χ1) is 9.38. The second-order valence-electron chi connectivity index (χ2n) is 5.10. The van der Waals surface area contributed by atoms with Gasteiger partial charge in [-0.1, -0.05) is 89.3 Å². The van der Waals surface area contributed by atoms with Crippen molar-refractivity contribution in [3.05, 3.63) is 85.5 Å². The maximum atomic E-state index is 4.07. The quantitative estimate of drug-likeness (QED) is 0.587. The van der Waals surface area contributed by atoms with Crippen LogP contribution in [-0.4, -0.2) is 8.07 Å². The summed E-state index contributed by atoms with van der Waals surface area (Å²) in [5.74, 6) is 0. The fourth-order valence-electron chi connectivity index (χ4n) is 3.24. The minimum absolute atomic E-state index is 0.498. The molecule has 0 aliphatic carbocycles. The maximum absolute atomic E-state index is 4.07. The lowest BCUT2D eigenvalue weighted by Gasteiger charge is -2.33.